The Hall–Kier alpha value is 0.717. The third-order valence-corrected chi connectivity index (χ3v) is 6.43. The Morgan fingerprint density at radius 3 is 1.17 bits per heavy atom. The summed E-state index contributed by atoms with van der Waals surface area (Å²) < 4.78 is 11.1. The molecule has 0 atom stereocenters. The van der Waals surface area contributed by atoms with E-state index >= 15 is 0 Å². The zero-order chi connectivity index (χ0) is 17.2. The molecular weight excluding hydrogens is 347 g/mol. The molecule has 140 valence electrons. The van der Waals surface area contributed by atoms with Crippen LogP contribution in [0.3, 0.4) is 0 Å². The Labute approximate surface area is 155 Å². The van der Waals surface area contributed by atoms with Crippen molar-refractivity contribution in [1.29, 1.82) is 0 Å². The van der Waals surface area contributed by atoms with Crippen molar-refractivity contribution in [3.63, 3.8) is 0 Å². The van der Waals surface area contributed by atoms with Crippen LogP contribution in [0.1, 0.15) is 104 Å². The lowest BCUT2D eigenvalue weighted by molar-refractivity contribution is 0.196. The first-order valence-corrected chi connectivity index (χ1v) is 13.6. The van der Waals surface area contributed by atoms with Crippen molar-refractivity contribution < 1.29 is 8.85 Å². The van der Waals surface area contributed by atoms with Gasteiger partial charge < -0.3 is 8.85 Å². The highest BCUT2D eigenvalue weighted by Gasteiger charge is 2.33. The molecule has 0 saturated heterocycles. The highest BCUT2D eigenvalue weighted by atomic mass is 35.7. The Morgan fingerprint density at radius 2 is 0.826 bits per heavy atom. The predicted molar refractivity (Wildman–Crippen MR) is 105 cm³/mol. The van der Waals surface area contributed by atoms with E-state index in [-0.39, 0.29) is 0 Å². The summed E-state index contributed by atoms with van der Waals surface area (Å²) in [5.41, 5.74) is 0. The summed E-state index contributed by atoms with van der Waals surface area (Å²) in [5.74, 6) is 0. The molecule has 0 radical (unpaired) electrons. The fourth-order valence-corrected chi connectivity index (χ4v) is 4.32. The van der Waals surface area contributed by atoms with E-state index in [0.717, 1.165) is 12.8 Å². The Morgan fingerprint density at radius 1 is 0.522 bits per heavy atom. The number of hydrogen-bond acceptors (Lipinski definition) is 2. The maximum Gasteiger partial charge on any atom is 0.551 e. The predicted octanol–water partition coefficient (Wildman–Crippen LogP) is 7.43. The minimum Gasteiger partial charge on any atom is -0.372 e. The first-order chi connectivity index (χ1) is 11.1. The standard InChI is InChI=1S/C18H38Cl2O2Si/c1-3-5-7-9-11-13-15-17-21-23(19,20)22-18-16-14-12-10-8-6-4-2/h3-18H2,1-2H3. The molecule has 2 nitrogen and oxygen atoms in total. The molecule has 23 heavy (non-hydrogen) atoms. The van der Waals surface area contributed by atoms with Gasteiger partial charge in [0, 0.05) is 13.2 Å². The maximum absolute atomic E-state index is 6.16. The SMILES string of the molecule is CCCCCCCCCO[Si](Cl)(Cl)OCCCCCCCCC. The number of unbranched alkanes of at least 4 members (excludes halogenated alkanes) is 12. The second-order valence-electron chi connectivity index (χ2n) is 6.40. The van der Waals surface area contributed by atoms with Gasteiger partial charge in [0.1, 0.15) is 0 Å². The van der Waals surface area contributed by atoms with Crippen molar-refractivity contribution in [2.45, 2.75) is 104 Å². The van der Waals surface area contributed by atoms with Crippen LogP contribution < -0.4 is 0 Å². The fourth-order valence-electron chi connectivity index (χ4n) is 2.54. The van der Waals surface area contributed by atoms with Crippen LogP contribution in [0.25, 0.3) is 0 Å². The summed E-state index contributed by atoms with van der Waals surface area (Å²) in [6, 6.07) is 0. The van der Waals surface area contributed by atoms with Gasteiger partial charge in [-0.2, -0.15) is 0 Å². The fraction of sp³-hybridized carbons (Fsp3) is 1.00. The molecule has 0 aromatic heterocycles. The number of hydrogen-bond donors (Lipinski definition) is 0. The van der Waals surface area contributed by atoms with E-state index in [0.29, 0.717) is 13.2 Å². The zero-order valence-electron chi connectivity index (χ0n) is 15.4. The zero-order valence-corrected chi connectivity index (χ0v) is 17.9. The molecule has 0 fully saturated rings. The highest BCUT2D eigenvalue weighted by molar-refractivity contribution is 7.39. The second-order valence-corrected chi connectivity index (χ2v) is 11.5. The van der Waals surface area contributed by atoms with Crippen LogP contribution in [0, 0.1) is 0 Å². The Balaban J connectivity index is 3.33. The van der Waals surface area contributed by atoms with E-state index in [1.807, 2.05) is 0 Å². The molecule has 0 heterocycles. The monoisotopic (exact) mass is 384 g/mol. The molecule has 0 aromatic rings. The summed E-state index contributed by atoms with van der Waals surface area (Å²) in [6.45, 7) is 5.74. The lowest BCUT2D eigenvalue weighted by Crippen LogP contribution is -2.30. The summed E-state index contributed by atoms with van der Waals surface area (Å²) in [6.07, 6.45) is 17.7. The molecule has 0 unspecified atom stereocenters. The molecule has 0 rings (SSSR count). The van der Waals surface area contributed by atoms with Gasteiger partial charge in [-0.15, -0.1) is 0 Å². The van der Waals surface area contributed by atoms with Crippen LogP contribution in [-0.2, 0) is 8.85 Å². The number of rotatable bonds is 18. The molecular formula is C18H38Cl2O2Si. The van der Waals surface area contributed by atoms with Crippen LogP contribution >= 0.6 is 22.2 Å². The average Bonchev–Trinajstić information content (AvgIpc) is 2.52. The van der Waals surface area contributed by atoms with Gasteiger partial charge in [0.25, 0.3) is 0 Å². The van der Waals surface area contributed by atoms with Crippen LogP contribution in [0.15, 0.2) is 0 Å². The lowest BCUT2D eigenvalue weighted by Gasteiger charge is -2.17. The van der Waals surface area contributed by atoms with Crippen LogP contribution in [-0.4, -0.2) is 20.4 Å². The van der Waals surface area contributed by atoms with Gasteiger partial charge in [0.2, 0.25) is 0 Å². The number of halogens is 2. The van der Waals surface area contributed by atoms with Crippen LogP contribution in [0.5, 0.6) is 0 Å². The van der Waals surface area contributed by atoms with Crippen molar-refractivity contribution in [2.75, 3.05) is 13.2 Å². The summed E-state index contributed by atoms with van der Waals surface area (Å²) in [5, 5.41) is 0. The molecule has 0 bridgehead atoms. The maximum atomic E-state index is 6.16. The van der Waals surface area contributed by atoms with Gasteiger partial charge >= 0.3 is 7.18 Å². The molecule has 0 aliphatic carbocycles. The molecule has 0 saturated carbocycles. The lowest BCUT2D eigenvalue weighted by atomic mass is 10.1. The van der Waals surface area contributed by atoms with E-state index in [4.69, 9.17) is 31.0 Å². The molecule has 5 heteroatoms. The van der Waals surface area contributed by atoms with Gasteiger partial charge in [-0.25, -0.2) is 0 Å². The molecule has 0 spiro atoms. The van der Waals surface area contributed by atoms with E-state index in [1.165, 1.54) is 77.0 Å². The minimum absolute atomic E-state index is 0.629. The molecule has 0 aliphatic heterocycles. The van der Waals surface area contributed by atoms with Gasteiger partial charge in [-0.05, 0) is 12.8 Å². The van der Waals surface area contributed by atoms with Gasteiger partial charge in [-0.3, -0.25) is 0 Å². The van der Waals surface area contributed by atoms with Crippen molar-refractivity contribution in [3.8, 4) is 0 Å². The normalized spacial score (nSPS) is 12.0. The van der Waals surface area contributed by atoms with Crippen molar-refractivity contribution in [1.82, 2.24) is 0 Å². The van der Waals surface area contributed by atoms with Gasteiger partial charge in [0.05, 0.1) is 0 Å². The Kier molecular flexibility index (Phi) is 18.1. The molecule has 0 aliphatic rings. The highest BCUT2D eigenvalue weighted by Crippen LogP contribution is 2.20. The third-order valence-electron chi connectivity index (χ3n) is 4.04. The smallest absolute Gasteiger partial charge is 0.372 e. The average molecular weight is 385 g/mol. The van der Waals surface area contributed by atoms with Crippen molar-refractivity contribution in [3.05, 3.63) is 0 Å². The largest absolute Gasteiger partial charge is 0.551 e. The van der Waals surface area contributed by atoms with Gasteiger partial charge in [0.15, 0.2) is 0 Å². The quantitative estimate of drug-likeness (QED) is 0.139. The molecule has 0 aromatic carbocycles. The van der Waals surface area contributed by atoms with Crippen molar-refractivity contribution in [2.24, 2.45) is 0 Å². The third kappa shape index (κ3) is 18.9. The topological polar surface area (TPSA) is 18.5 Å². The first kappa shape index (κ1) is 23.7. The Bertz CT molecular complexity index is 219. The van der Waals surface area contributed by atoms with E-state index in [9.17, 15) is 0 Å². The summed E-state index contributed by atoms with van der Waals surface area (Å²) in [7, 11) is -2.92. The van der Waals surface area contributed by atoms with E-state index in [2.05, 4.69) is 13.8 Å². The molecule has 0 N–H and O–H groups in total. The van der Waals surface area contributed by atoms with Gasteiger partial charge in [-0.1, -0.05) is 113 Å². The van der Waals surface area contributed by atoms with E-state index in [1.54, 1.807) is 0 Å². The van der Waals surface area contributed by atoms with Crippen LogP contribution in [0.2, 0.25) is 0 Å². The second kappa shape index (κ2) is 17.5. The first-order valence-electron chi connectivity index (χ1n) is 9.78. The van der Waals surface area contributed by atoms with E-state index < -0.39 is 7.18 Å². The summed E-state index contributed by atoms with van der Waals surface area (Å²) >= 11 is 12.3. The summed E-state index contributed by atoms with van der Waals surface area (Å²) in [4.78, 5) is 0. The van der Waals surface area contributed by atoms with Crippen molar-refractivity contribution >= 4 is 29.3 Å². The van der Waals surface area contributed by atoms with Crippen LogP contribution in [0.4, 0.5) is 0 Å². The minimum atomic E-state index is -2.92. The molecule has 0 amide bonds.